The first-order valence-corrected chi connectivity index (χ1v) is 6.08. The fourth-order valence-corrected chi connectivity index (χ4v) is 1.91. The van der Waals surface area contributed by atoms with Crippen molar-refractivity contribution in [1.29, 1.82) is 0 Å². The fourth-order valence-electron chi connectivity index (χ4n) is 1.37. The molecule has 3 nitrogen and oxygen atoms in total. The maximum atomic E-state index is 5.96. The first-order valence-electron chi connectivity index (χ1n) is 4.91. The van der Waals surface area contributed by atoms with Gasteiger partial charge >= 0.3 is 0 Å². The van der Waals surface area contributed by atoms with Gasteiger partial charge in [-0.15, -0.1) is 0 Å². The second kappa shape index (κ2) is 5.38. The summed E-state index contributed by atoms with van der Waals surface area (Å²) >= 11 is 9.38. The fraction of sp³-hybridized carbons (Fsp3) is 0.0833. The van der Waals surface area contributed by atoms with E-state index in [1.165, 1.54) is 0 Å². The van der Waals surface area contributed by atoms with Crippen LogP contribution in [-0.4, -0.2) is 12.1 Å². The summed E-state index contributed by atoms with van der Waals surface area (Å²) in [4.78, 5) is 4.00. The number of ether oxygens (including phenoxy) is 1. The third kappa shape index (κ3) is 2.90. The first kappa shape index (κ1) is 12.2. The molecule has 0 saturated carbocycles. The van der Waals surface area contributed by atoms with Crippen molar-refractivity contribution in [2.24, 2.45) is 0 Å². The van der Waals surface area contributed by atoms with Crippen molar-refractivity contribution in [3.05, 3.63) is 46.2 Å². The van der Waals surface area contributed by atoms with Gasteiger partial charge in [-0.2, -0.15) is 0 Å². The van der Waals surface area contributed by atoms with Crippen LogP contribution in [-0.2, 0) is 0 Å². The number of pyridine rings is 1. The summed E-state index contributed by atoms with van der Waals surface area (Å²) in [6.07, 6.45) is 3.45. The SMILES string of the molecule is COc1cc(Nc2ccncc2Br)ccc1Cl. The molecule has 5 heteroatoms. The Balaban J connectivity index is 2.28. The van der Waals surface area contributed by atoms with Gasteiger partial charge in [-0.1, -0.05) is 11.6 Å². The lowest BCUT2D eigenvalue weighted by Gasteiger charge is -2.10. The lowest BCUT2D eigenvalue weighted by atomic mass is 10.3. The van der Waals surface area contributed by atoms with Gasteiger partial charge in [0.15, 0.2) is 0 Å². The zero-order valence-electron chi connectivity index (χ0n) is 9.08. The number of rotatable bonds is 3. The molecule has 17 heavy (non-hydrogen) atoms. The Bertz CT molecular complexity index is 534. The minimum atomic E-state index is 0.590. The number of halogens is 2. The molecule has 0 fully saturated rings. The summed E-state index contributed by atoms with van der Waals surface area (Å²) in [7, 11) is 1.59. The van der Waals surface area contributed by atoms with Crippen molar-refractivity contribution >= 4 is 38.9 Å². The van der Waals surface area contributed by atoms with Crippen LogP contribution >= 0.6 is 27.5 Å². The zero-order valence-corrected chi connectivity index (χ0v) is 11.4. The lowest BCUT2D eigenvalue weighted by molar-refractivity contribution is 0.415. The maximum absolute atomic E-state index is 5.96. The molecular weight excluding hydrogens is 304 g/mol. The molecule has 1 N–H and O–H groups in total. The second-order valence-corrected chi connectivity index (χ2v) is 4.59. The molecule has 0 bridgehead atoms. The van der Waals surface area contributed by atoms with E-state index in [2.05, 4.69) is 26.2 Å². The van der Waals surface area contributed by atoms with Gasteiger partial charge in [0.25, 0.3) is 0 Å². The molecule has 0 amide bonds. The van der Waals surface area contributed by atoms with Crippen molar-refractivity contribution in [3.8, 4) is 5.75 Å². The van der Waals surface area contributed by atoms with E-state index in [0.29, 0.717) is 10.8 Å². The quantitative estimate of drug-likeness (QED) is 0.920. The smallest absolute Gasteiger partial charge is 0.139 e. The topological polar surface area (TPSA) is 34.1 Å². The average Bonchev–Trinajstić information content (AvgIpc) is 2.34. The van der Waals surface area contributed by atoms with Crippen molar-refractivity contribution in [3.63, 3.8) is 0 Å². The standard InChI is InChI=1S/C12H10BrClN2O/c1-17-12-6-8(2-3-10(12)14)16-11-4-5-15-7-9(11)13/h2-7H,1H3,(H,15,16). The van der Waals surface area contributed by atoms with Crippen LogP contribution in [0.5, 0.6) is 5.75 Å². The van der Waals surface area contributed by atoms with Crippen LogP contribution < -0.4 is 10.1 Å². The number of nitrogens with one attached hydrogen (secondary N) is 1. The highest BCUT2D eigenvalue weighted by Crippen LogP contribution is 2.30. The van der Waals surface area contributed by atoms with E-state index in [1.807, 2.05) is 18.2 Å². The van der Waals surface area contributed by atoms with Crippen LogP contribution in [0.15, 0.2) is 41.1 Å². The summed E-state index contributed by atoms with van der Waals surface area (Å²) in [6, 6.07) is 7.40. The number of hydrogen-bond acceptors (Lipinski definition) is 3. The van der Waals surface area contributed by atoms with Gasteiger partial charge in [0, 0.05) is 24.1 Å². The number of nitrogens with zero attached hydrogens (tertiary/aromatic N) is 1. The highest BCUT2D eigenvalue weighted by atomic mass is 79.9. The van der Waals surface area contributed by atoms with Gasteiger partial charge in [0.05, 0.1) is 22.3 Å². The molecule has 1 heterocycles. The summed E-state index contributed by atoms with van der Waals surface area (Å²) in [6.45, 7) is 0. The molecule has 0 spiro atoms. The normalized spacial score (nSPS) is 10.1. The third-order valence-corrected chi connectivity index (χ3v) is 3.15. The van der Waals surface area contributed by atoms with E-state index >= 15 is 0 Å². The minimum absolute atomic E-state index is 0.590. The van der Waals surface area contributed by atoms with Gasteiger partial charge in [-0.25, -0.2) is 0 Å². The number of benzene rings is 1. The molecule has 0 aliphatic rings. The molecule has 0 aliphatic heterocycles. The Hall–Kier alpha value is -1.26. The number of hydrogen-bond donors (Lipinski definition) is 1. The zero-order chi connectivity index (χ0) is 12.3. The molecule has 0 unspecified atom stereocenters. The molecular formula is C12H10BrClN2O. The van der Waals surface area contributed by atoms with Gasteiger partial charge in [-0.3, -0.25) is 4.98 Å². The maximum Gasteiger partial charge on any atom is 0.139 e. The van der Waals surface area contributed by atoms with Crippen molar-refractivity contribution < 1.29 is 4.74 Å². The third-order valence-electron chi connectivity index (χ3n) is 2.20. The molecule has 2 rings (SSSR count). The van der Waals surface area contributed by atoms with Gasteiger partial charge < -0.3 is 10.1 Å². The Kier molecular flexibility index (Phi) is 3.86. The van der Waals surface area contributed by atoms with Crippen LogP contribution in [0.2, 0.25) is 5.02 Å². The number of methoxy groups -OCH3 is 1. The summed E-state index contributed by atoms with van der Waals surface area (Å²) < 4.78 is 6.05. The Morgan fingerprint density at radius 1 is 1.35 bits per heavy atom. The highest BCUT2D eigenvalue weighted by Gasteiger charge is 2.04. The molecule has 0 saturated heterocycles. The summed E-state index contributed by atoms with van der Waals surface area (Å²) in [5, 5.41) is 3.84. The molecule has 88 valence electrons. The van der Waals surface area contributed by atoms with Crippen LogP contribution in [0, 0.1) is 0 Å². The monoisotopic (exact) mass is 312 g/mol. The van der Waals surface area contributed by atoms with E-state index in [4.69, 9.17) is 16.3 Å². The van der Waals surface area contributed by atoms with Crippen LogP contribution in [0.25, 0.3) is 0 Å². The van der Waals surface area contributed by atoms with E-state index in [0.717, 1.165) is 15.8 Å². The molecule has 0 radical (unpaired) electrons. The van der Waals surface area contributed by atoms with E-state index in [-0.39, 0.29) is 0 Å². The molecule has 0 atom stereocenters. The predicted octanol–water partition coefficient (Wildman–Crippen LogP) is 4.25. The van der Waals surface area contributed by atoms with E-state index in [1.54, 1.807) is 25.6 Å². The predicted molar refractivity (Wildman–Crippen MR) is 73.2 cm³/mol. The second-order valence-electron chi connectivity index (χ2n) is 3.33. The largest absolute Gasteiger partial charge is 0.495 e. The summed E-state index contributed by atoms with van der Waals surface area (Å²) in [5.41, 5.74) is 1.84. The van der Waals surface area contributed by atoms with Gasteiger partial charge in [0.2, 0.25) is 0 Å². The Labute approximate surface area is 113 Å². The summed E-state index contributed by atoms with van der Waals surface area (Å²) in [5.74, 6) is 0.641. The van der Waals surface area contributed by atoms with Crippen molar-refractivity contribution in [2.75, 3.05) is 12.4 Å². The van der Waals surface area contributed by atoms with Crippen molar-refractivity contribution in [1.82, 2.24) is 4.98 Å². The van der Waals surface area contributed by atoms with Crippen LogP contribution in [0.3, 0.4) is 0 Å². The minimum Gasteiger partial charge on any atom is -0.495 e. The van der Waals surface area contributed by atoms with Gasteiger partial charge in [0.1, 0.15) is 5.75 Å². The van der Waals surface area contributed by atoms with Gasteiger partial charge in [-0.05, 0) is 34.1 Å². The lowest BCUT2D eigenvalue weighted by Crippen LogP contribution is -1.93. The van der Waals surface area contributed by atoms with Crippen LogP contribution in [0.4, 0.5) is 11.4 Å². The highest BCUT2D eigenvalue weighted by molar-refractivity contribution is 9.10. The molecule has 0 aliphatic carbocycles. The first-order chi connectivity index (χ1) is 8.20. The van der Waals surface area contributed by atoms with E-state index in [9.17, 15) is 0 Å². The molecule has 1 aromatic carbocycles. The Morgan fingerprint density at radius 2 is 2.18 bits per heavy atom. The number of aromatic nitrogens is 1. The Morgan fingerprint density at radius 3 is 2.88 bits per heavy atom. The van der Waals surface area contributed by atoms with Crippen LogP contribution in [0.1, 0.15) is 0 Å². The molecule has 1 aromatic heterocycles. The number of anilines is 2. The molecule has 2 aromatic rings. The van der Waals surface area contributed by atoms with Crippen molar-refractivity contribution in [2.45, 2.75) is 0 Å². The average molecular weight is 314 g/mol. The van der Waals surface area contributed by atoms with E-state index < -0.39 is 0 Å².